The first-order valence-electron chi connectivity index (χ1n) is 10.9. The van der Waals surface area contributed by atoms with Gasteiger partial charge in [0.15, 0.2) is 0 Å². The van der Waals surface area contributed by atoms with Gasteiger partial charge in [0.25, 0.3) is 0 Å². The highest BCUT2D eigenvalue weighted by molar-refractivity contribution is 5.95. The zero-order chi connectivity index (χ0) is 23.3. The van der Waals surface area contributed by atoms with Gasteiger partial charge in [0.05, 0.1) is 19.7 Å². The number of nitrogens with one attached hydrogen (secondary N) is 3. The fourth-order valence-corrected chi connectivity index (χ4v) is 3.16. The number of hydrogen-bond donors (Lipinski definition) is 3. The molecule has 0 heterocycles. The molecular formula is C26H29N3O4. The number of carbonyl (C=O) groups excluding carboxylic acids is 2. The predicted molar refractivity (Wildman–Crippen MR) is 128 cm³/mol. The van der Waals surface area contributed by atoms with Crippen molar-refractivity contribution in [1.29, 1.82) is 0 Å². The summed E-state index contributed by atoms with van der Waals surface area (Å²) in [5.74, 6) is 1.03. The molecular weight excluding hydrogens is 418 g/mol. The summed E-state index contributed by atoms with van der Waals surface area (Å²) in [5, 5.41) is 8.74. The van der Waals surface area contributed by atoms with Gasteiger partial charge in [-0.1, -0.05) is 48.5 Å². The van der Waals surface area contributed by atoms with Gasteiger partial charge in [-0.05, 0) is 48.9 Å². The van der Waals surface area contributed by atoms with Crippen LogP contribution in [0.5, 0.6) is 11.5 Å². The monoisotopic (exact) mass is 447 g/mol. The lowest BCUT2D eigenvalue weighted by Gasteiger charge is -2.19. The molecule has 2 amide bonds. The van der Waals surface area contributed by atoms with Crippen molar-refractivity contribution in [3.8, 4) is 11.5 Å². The molecule has 0 aliphatic heterocycles. The second-order valence-electron chi connectivity index (χ2n) is 7.18. The van der Waals surface area contributed by atoms with Gasteiger partial charge in [-0.3, -0.25) is 14.9 Å². The Morgan fingerprint density at radius 1 is 0.818 bits per heavy atom. The molecule has 7 heteroatoms. The Hall–Kier alpha value is -3.84. The van der Waals surface area contributed by atoms with Crippen LogP contribution in [0.25, 0.3) is 0 Å². The van der Waals surface area contributed by atoms with Crippen LogP contribution < -0.4 is 25.4 Å². The highest BCUT2D eigenvalue weighted by Gasteiger charge is 2.21. The Labute approximate surface area is 194 Å². The number of carbonyl (C=O) groups is 2. The van der Waals surface area contributed by atoms with Crippen molar-refractivity contribution in [3.05, 3.63) is 90.5 Å². The third-order valence-corrected chi connectivity index (χ3v) is 4.73. The van der Waals surface area contributed by atoms with Gasteiger partial charge in [-0.15, -0.1) is 0 Å². The number of hydrogen-bond acceptors (Lipinski definition) is 5. The fourth-order valence-electron chi connectivity index (χ4n) is 3.16. The molecule has 0 aromatic heterocycles. The molecule has 0 saturated carbocycles. The van der Waals surface area contributed by atoms with Crippen LogP contribution in [0.3, 0.4) is 0 Å². The first kappa shape index (κ1) is 23.8. The average molecular weight is 448 g/mol. The fraction of sp³-hybridized carbons (Fsp3) is 0.231. The van der Waals surface area contributed by atoms with Crippen molar-refractivity contribution in [2.75, 3.05) is 31.6 Å². The van der Waals surface area contributed by atoms with Gasteiger partial charge >= 0.3 is 0 Å². The van der Waals surface area contributed by atoms with Crippen LogP contribution in [0, 0.1) is 0 Å². The van der Waals surface area contributed by atoms with E-state index in [1.54, 1.807) is 0 Å². The van der Waals surface area contributed by atoms with Crippen LogP contribution in [-0.4, -0.2) is 38.1 Å². The van der Waals surface area contributed by atoms with E-state index in [1.165, 1.54) is 0 Å². The number of rotatable bonds is 12. The molecule has 3 aromatic rings. The van der Waals surface area contributed by atoms with E-state index in [0.29, 0.717) is 31.2 Å². The van der Waals surface area contributed by atoms with Crippen molar-refractivity contribution in [1.82, 2.24) is 10.6 Å². The number of anilines is 1. The largest absolute Gasteiger partial charge is 0.494 e. The van der Waals surface area contributed by atoms with Gasteiger partial charge in [-0.25, -0.2) is 0 Å². The molecule has 3 N–H and O–H groups in total. The van der Waals surface area contributed by atoms with E-state index in [1.807, 2.05) is 91.9 Å². The third kappa shape index (κ3) is 7.97. The molecule has 0 saturated heterocycles. The van der Waals surface area contributed by atoms with Gasteiger partial charge in [0.1, 0.15) is 24.1 Å². The lowest BCUT2D eigenvalue weighted by atomic mass is 10.1. The Morgan fingerprint density at radius 2 is 1.42 bits per heavy atom. The quantitative estimate of drug-likeness (QED) is 0.370. The standard InChI is InChI=1S/C26H29N3O4/c1-2-32-22-13-15-23(16-14-22)33-18-17-27-24(30)19-28-25(20-9-5-3-6-10-20)26(31)29-21-11-7-4-8-12-21/h3-16,25,28H,2,17-19H2,1H3,(H,27,30)(H,29,31). The molecule has 0 spiro atoms. The summed E-state index contributed by atoms with van der Waals surface area (Å²) < 4.78 is 11.0. The van der Waals surface area contributed by atoms with E-state index in [0.717, 1.165) is 11.3 Å². The normalized spacial score (nSPS) is 11.3. The summed E-state index contributed by atoms with van der Waals surface area (Å²) >= 11 is 0. The van der Waals surface area contributed by atoms with Crippen LogP contribution in [0.2, 0.25) is 0 Å². The average Bonchev–Trinajstić information content (AvgIpc) is 2.84. The summed E-state index contributed by atoms with van der Waals surface area (Å²) in [7, 11) is 0. The summed E-state index contributed by atoms with van der Waals surface area (Å²) in [5.41, 5.74) is 1.47. The van der Waals surface area contributed by atoms with E-state index < -0.39 is 6.04 Å². The van der Waals surface area contributed by atoms with Crippen LogP contribution >= 0.6 is 0 Å². The smallest absolute Gasteiger partial charge is 0.246 e. The molecule has 7 nitrogen and oxygen atoms in total. The van der Waals surface area contributed by atoms with Gasteiger partial charge in [-0.2, -0.15) is 0 Å². The summed E-state index contributed by atoms with van der Waals surface area (Å²) in [6, 6.07) is 25.2. The van der Waals surface area contributed by atoms with Crippen LogP contribution in [-0.2, 0) is 9.59 Å². The summed E-state index contributed by atoms with van der Waals surface area (Å²) in [6.45, 7) is 3.21. The highest BCUT2D eigenvalue weighted by atomic mass is 16.5. The minimum atomic E-state index is -0.669. The Bertz CT molecular complexity index is 995. The molecule has 0 aliphatic rings. The molecule has 172 valence electrons. The van der Waals surface area contributed by atoms with Crippen LogP contribution in [0.4, 0.5) is 5.69 Å². The summed E-state index contributed by atoms with van der Waals surface area (Å²) in [4.78, 5) is 25.2. The molecule has 1 unspecified atom stereocenters. The Kier molecular flexibility index (Phi) is 9.29. The van der Waals surface area contributed by atoms with Crippen molar-refractivity contribution >= 4 is 17.5 Å². The second-order valence-corrected chi connectivity index (χ2v) is 7.18. The van der Waals surface area contributed by atoms with Gasteiger partial charge < -0.3 is 20.1 Å². The Morgan fingerprint density at radius 3 is 2.06 bits per heavy atom. The van der Waals surface area contributed by atoms with E-state index >= 15 is 0 Å². The maximum Gasteiger partial charge on any atom is 0.246 e. The third-order valence-electron chi connectivity index (χ3n) is 4.73. The van der Waals surface area contributed by atoms with Crippen molar-refractivity contribution in [2.45, 2.75) is 13.0 Å². The molecule has 0 fully saturated rings. The first-order chi connectivity index (χ1) is 16.2. The van der Waals surface area contributed by atoms with Crippen molar-refractivity contribution < 1.29 is 19.1 Å². The maximum absolute atomic E-state index is 12.9. The minimum Gasteiger partial charge on any atom is -0.494 e. The molecule has 3 rings (SSSR count). The van der Waals surface area contributed by atoms with Crippen LogP contribution in [0.15, 0.2) is 84.9 Å². The lowest BCUT2D eigenvalue weighted by molar-refractivity contribution is -0.121. The molecule has 33 heavy (non-hydrogen) atoms. The van der Waals surface area contributed by atoms with E-state index in [9.17, 15) is 9.59 Å². The number of ether oxygens (including phenoxy) is 2. The zero-order valence-corrected chi connectivity index (χ0v) is 18.6. The first-order valence-corrected chi connectivity index (χ1v) is 10.9. The highest BCUT2D eigenvalue weighted by Crippen LogP contribution is 2.17. The number of para-hydroxylation sites is 1. The molecule has 1 atom stereocenters. The number of amides is 2. The topological polar surface area (TPSA) is 88.7 Å². The maximum atomic E-state index is 12.9. The van der Waals surface area contributed by atoms with Crippen molar-refractivity contribution in [3.63, 3.8) is 0 Å². The molecule has 0 radical (unpaired) electrons. The van der Waals surface area contributed by atoms with Crippen LogP contribution in [0.1, 0.15) is 18.5 Å². The summed E-state index contributed by atoms with van der Waals surface area (Å²) in [6.07, 6.45) is 0. The molecule has 3 aromatic carbocycles. The van der Waals surface area contributed by atoms with Gasteiger partial charge in [0.2, 0.25) is 11.8 Å². The minimum absolute atomic E-state index is 0.00910. The number of benzene rings is 3. The SMILES string of the molecule is CCOc1ccc(OCCNC(=O)CNC(C(=O)Nc2ccccc2)c2ccccc2)cc1. The lowest BCUT2D eigenvalue weighted by Crippen LogP contribution is -2.41. The van der Waals surface area contributed by atoms with Crippen molar-refractivity contribution in [2.24, 2.45) is 0 Å². The molecule has 0 aliphatic carbocycles. The Balaban J connectivity index is 1.46. The molecule has 0 bridgehead atoms. The van der Waals surface area contributed by atoms with Gasteiger partial charge in [0, 0.05) is 5.69 Å². The zero-order valence-electron chi connectivity index (χ0n) is 18.6. The van der Waals surface area contributed by atoms with E-state index in [4.69, 9.17) is 9.47 Å². The van der Waals surface area contributed by atoms with E-state index in [-0.39, 0.29) is 18.4 Å². The predicted octanol–water partition coefficient (Wildman–Crippen LogP) is 3.55. The second kappa shape index (κ2) is 12.9. The van der Waals surface area contributed by atoms with E-state index in [2.05, 4.69) is 16.0 Å².